The molecular weight excluding hydrogens is 358 g/mol. The van der Waals surface area contributed by atoms with Crippen LogP contribution in [0.4, 0.5) is 23.2 Å². The number of ether oxygens (including phenoxy) is 1. The van der Waals surface area contributed by atoms with Crippen LogP contribution >= 0.6 is 0 Å². The maximum Gasteiger partial charge on any atom is 0.501 e. The molecule has 0 bridgehead atoms. The SMILES string of the molecule is O=[N+]([O-])c1cc(S(=O)(=O)C(F)(F)F)ccc1Oc1cccc(F)c1. The van der Waals surface area contributed by atoms with Crippen LogP contribution < -0.4 is 4.74 Å². The highest BCUT2D eigenvalue weighted by Crippen LogP contribution is 2.37. The van der Waals surface area contributed by atoms with Crippen molar-refractivity contribution in [3.8, 4) is 11.5 Å². The quantitative estimate of drug-likeness (QED) is 0.467. The first-order chi connectivity index (χ1) is 11.0. The molecule has 0 amide bonds. The summed E-state index contributed by atoms with van der Waals surface area (Å²) in [6, 6.07) is 5.93. The second-order valence-corrected chi connectivity index (χ2v) is 6.34. The van der Waals surface area contributed by atoms with Crippen LogP contribution in [0.25, 0.3) is 0 Å². The zero-order valence-electron chi connectivity index (χ0n) is 11.5. The van der Waals surface area contributed by atoms with E-state index in [4.69, 9.17) is 4.74 Å². The van der Waals surface area contributed by atoms with E-state index in [9.17, 15) is 36.1 Å². The summed E-state index contributed by atoms with van der Waals surface area (Å²) in [5.41, 5.74) is -6.61. The maximum atomic E-state index is 13.1. The van der Waals surface area contributed by atoms with Crippen molar-refractivity contribution in [3.63, 3.8) is 0 Å². The Morgan fingerprint density at radius 1 is 1.08 bits per heavy atom. The zero-order valence-corrected chi connectivity index (χ0v) is 12.3. The second kappa shape index (κ2) is 6.07. The van der Waals surface area contributed by atoms with Gasteiger partial charge in [-0.15, -0.1) is 0 Å². The van der Waals surface area contributed by atoms with Gasteiger partial charge in [-0.05, 0) is 24.3 Å². The van der Waals surface area contributed by atoms with E-state index < -0.39 is 42.4 Å². The lowest BCUT2D eigenvalue weighted by atomic mass is 10.3. The van der Waals surface area contributed by atoms with Crippen molar-refractivity contribution < 1.29 is 35.6 Å². The predicted octanol–water partition coefficient (Wildman–Crippen LogP) is 3.82. The van der Waals surface area contributed by atoms with E-state index in [-0.39, 0.29) is 11.8 Å². The lowest BCUT2D eigenvalue weighted by Crippen LogP contribution is -2.23. The topological polar surface area (TPSA) is 86.5 Å². The number of hydrogen-bond donors (Lipinski definition) is 0. The number of halogens is 4. The van der Waals surface area contributed by atoms with Crippen molar-refractivity contribution >= 4 is 15.5 Å². The first-order valence-electron chi connectivity index (χ1n) is 6.05. The number of hydrogen-bond acceptors (Lipinski definition) is 5. The molecule has 24 heavy (non-hydrogen) atoms. The molecule has 6 nitrogen and oxygen atoms in total. The summed E-state index contributed by atoms with van der Waals surface area (Å²) in [6.45, 7) is 0. The van der Waals surface area contributed by atoms with Crippen molar-refractivity contribution in [3.05, 3.63) is 58.4 Å². The number of sulfone groups is 1. The summed E-state index contributed by atoms with van der Waals surface area (Å²) >= 11 is 0. The first-order valence-corrected chi connectivity index (χ1v) is 7.54. The molecule has 0 fully saturated rings. The Kier molecular flexibility index (Phi) is 4.47. The minimum Gasteiger partial charge on any atom is -0.450 e. The minimum atomic E-state index is -5.75. The summed E-state index contributed by atoms with van der Waals surface area (Å²) in [6.07, 6.45) is 0. The van der Waals surface area contributed by atoms with Crippen LogP contribution in [0.15, 0.2) is 47.4 Å². The van der Waals surface area contributed by atoms with Gasteiger partial charge >= 0.3 is 11.2 Å². The third-order valence-electron chi connectivity index (χ3n) is 2.77. The zero-order chi connectivity index (χ0) is 18.1. The molecule has 0 aliphatic carbocycles. The van der Waals surface area contributed by atoms with Gasteiger partial charge in [-0.1, -0.05) is 6.07 Å². The van der Waals surface area contributed by atoms with E-state index >= 15 is 0 Å². The molecule has 0 atom stereocenters. The standard InChI is InChI=1S/C13H7F4NO5S/c14-8-2-1-3-9(6-8)23-12-5-4-10(7-11(12)18(19)20)24(21,22)13(15,16)17/h1-7H. The fourth-order valence-corrected chi connectivity index (χ4v) is 2.47. The van der Waals surface area contributed by atoms with Crippen molar-refractivity contribution in [1.82, 2.24) is 0 Å². The van der Waals surface area contributed by atoms with Gasteiger partial charge in [0.25, 0.3) is 9.84 Å². The minimum absolute atomic E-state index is 0.149. The number of benzene rings is 2. The van der Waals surface area contributed by atoms with E-state index in [0.29, 0.717) is 12.1 Å². The molecule has 0 aliphatic heterocycles. The summed E-state index contributed by atoms with van der Waals surface area (Å²) < 4.78 is 78.3. The summed E-state index contributed by atoms with van der Waals surface area (Å²) in [5.74, 6) is -1.39. The van der Waals surface area contributed by atoms with Crippen LogP contribution in [0.2, 0.25) is 0 Å². The number of nitro groups is 1. The predicted molar refractivity (Wildman–Crippen MR) is 72.8 cm³/mol. The second-order valence-electron chi connectivity index (χ2n) is 4.40. The Morgan fingerprint density at radius 3 is 2.29 bits per heavy atom. The summed E-state index contributed by atoms with van der Waals surface area (Å²) in [5, 5.41) is 11.0. The molecule has 0 heterocycles. The van der Waals surface area contributed by atoms with Gasteiger partial charge in [-0.3, -0.25) is 10.1 Å². The van der Waals surface area contributed by atoms with E-state index in [0.717, 1.165) is 12.1 Å². The summed E-state index contributed by atoms with van der Waals surface area (Å²) in [4.78, 5) is 8.58. The number of rotatable bonds is 4. The highest BCUT2D eigenvalue weighted by Gasteiger charge is 2.47. The van der Waals surface area contributed by atoms with Gasteiger partial charge in [-0.25, -0.2) is 12.8 Å². The molecule has 0 N–H and O–H groups in total. The molecule has 128 valence electrons. The number of nitro benzene ring substituents is 1. The van der Waals surface area contributed by atoms with Gasteiger partial charge in [0.2, 0.25) is 5.75 Å². The smallest absolute Gasteiger partial charge is 0.450 e. The van der Waals surface area contributed by atoms with Crippen LogP contribution in [0, 0.1) is 15.9 Å². The molecule has 0 saturated carbocycles. The van der Waals surface area contributed by atoms with Crippen LogP contribution in [0.3, 0.4) is 0 Å². The molecule has 11 heteroatoms. The van der Waals surface area contributed by atoms with E-state index in [1.54, 1.807) is 0 Å². The van der Waals surface area contributed by atoms with E-state index in [2.05, 4.69) is 0 Å². The van der Waals surface area contributed by atoms with Gasteiger partial charge in [0.1, 0.15) is 11.6 Å². The van der Waals surface area contributed by atoms with Crippen molar-refractivity contribution in [2.24, 2.45) is 0 Å². The molecule has 2 aromatic carbocycles. The highest BCUT2D eigenvalue weighted by molar-refractivity contribution is 7.92. The van der Waals surface area contributed by atoms with Gasteiger partial charge < -0.3 is 4.74 Å². The van der Waals surface area contributed by atoms with Crippen LogP contribution in [0.5, 0.6) is 11.5 Å². The van der Waals surface area contributed by atoms with Gasteiger partial charge in [0.15, 0.2) is 0 Å². The average molecular weight is 365 g/mol. The van der Waals surface area contributed by atoms with Crippen molar-refractivity contribution in [2.75, 3.05) is 0 Å². The molecule has 0 radical (unpaired) electrons. The molecule has 2 rings (SSSR count). The molecule has 0 aliphatic rings. The molecular formula is C13H7F4NO5S. The van der Waals surface area contributed by atoms with Gasteiger partial charge in [-0.2, -0.15) is 13.2 Å². The fraction of sp³-hybridized carbons (Fsp3) is 0.0769. The van der Waals surface area contributed by atoms with E-state index in [1.165, 1.54) is 12.1 Å². The third kappa shape index (κ3) is 3.45. The Hall–Kier alpha value is -2.69. The Morgan fingerprint density at radius 2 is 1.75 bits per heavy atom. The lowest BCUT2D eigenvalue weighted by molar-refractivity contribution is -0.385. The van der Waals surface area contributed by atoms with Gasteiger partial charge in [0.05, 0.1) is 9.82 Å². The van der Waals surface area contributed by atoms with Gasteiger partial charge in [0, 0.05) is 12.1 Å². The van der Waals surface area contributed by atoms with Crippen molar-refractivity contribution in [1.29, 1.82) is 0 Å². The molecule has 0 unspecified atom stereocenters. The summed E-state index contributed by atoms with van der Waals surface area (Å²) in [7, 11) is -5.75. The van der Waals surface area contributed by atoms with Crippen LogP contribution in [0.1, 0.15) is 0 Å². The largest absolute Gasteiger partial charge is 0.501 e. The molecule has 0 spiro atoms. The van der Waals surface area contributed by atoms with Crippen LogP contribution in [-0.2, 0) is 9.84 Å². The lowest BCUT2D eigenvalue weighted by Gasteiger charge is -2.10. The first kappa shape index (κ1) is 17.7. The Balaban J connectivity index is 2.51. The average Bonchev–Trinajstić information content (AvgIpc) is 2.46. The Bertz CT molecular complexity index is 895. The third-order valence-corrected chi connectivity index (χ3v) is 4.25. The molecule has 2 aromatic rings. The Labute approximate surface area is 132 Å². The fourth-order valence-electron chi connectivity index (χ4n) is 1.68. The van der Waals surface area contributed by atoms with Crippen molar-refractivity contribution in [2.45, 2.75) is 10.4 Å². The van der Waals surface area contributed by atoms with E-state index in [1.807, 2.05) is 0 Å². The monoisotopic (exact) mass is 365 g/mol. The number of alkyl halides is 3. The number of nitrogens with zero attached hydrogens (tertiary/aromatic N) is 1. The molecule has 0 aromatic heterocycles. The van der Waals surface area contributed by atoms with Crippen LogP contribution in [-0.4, -0.2) is 18.8 Å². The molecule has 0 saturated heterocycles. The normalized spacial score (nSPS) is 12.0. The maximum absolute atomic E-state index is 13.1. The highest BCUT2D eigenvalue weighted by atomic mass is 32.2.